The number of Topliss-reactive ketones (excluding diaryl/α,β-unsaturated/α-hetero) is 1. The summed E-state index contributed by atoms with van der Waals surface area (Å²) in [5.74, 6) is -1.32. The van der Waals surface area contributed by atoms with Crippen molar-refractivity contribution in [3.05, 3.63) is 65.1 Å². The highest BCUT2D eigenvalue weighted by Gasteiger charge is 2.53. The smallest absolute Gasteiger partial charge is 0.320 e. The van der Waals surface area contributed by atoms with Gasteiger partial charge in [0, 0.05) is 56.1 Å². The molecule has 11 heteroatoms. The second-order valence-corrected chi connectivity index (χ2v) is 11.6. The Bertz CT molecular complexity index is 1310. The zero-order chi connectivity index (χ0) is 29.3. The van der Waals surface area contributed by atoms with Crippen LogP contribution in [0.25, 0.3) is 0 Å². The van der Waals surface area contributed by atoms with Crippen LogP contribution < -0.4 is 14.9 Å². The maximum Gasteiger partial charge on any atom is 0.320 e. The topological polar surface area (TPSA) is 120 Å². The summed E-state index contributed by atoms with van der Waals surface area (Å²) in [6.07, 6.45) is 2.08. The van der Waals surface area contributed by atoms with Gasteiger partial charge in [-0.2, -0.15) is 4.73 Å². The van der Waals surface area contributed by atoms with E-state index in [9.17, 15) is 24.4 Å². The number of anilines is 1. The highest BCUT2D eigenvalue weighted by atomic mass is 16.5. The van der Waals surface area contributed by atoms with Crippen LogP contribution in [0.1, 0.15) is 47.5 Å². The molecule has 3 saturated heterocycles. The lowest BCUT2D eigenvalue weighted by molar-refractivity contribution is -0.608. The van der Waals surface area contributed by atoms with Gasteiger partial charge in [0.15, 0.2) is 12.0 Å². The van der Waals surface area contributed by atoms with Gasteiger partial charge in [-0.3, -0.25) is 19.2 Å². The number of benzene rings is 1. The lowest BCUT2D eigenvalue weighted by Gasteiger charge is -2.34. The van der Waals surface area contributed by atoms with E-state index >= 15 is 0 Å². The number of piperazine rings is 1. The van der Waals surface area contributed by atoms with Crippen LogP contribution in [0, 0.1) is 11.1 Å². The van der Waals surface area contributed by atoms with Crippen molar-refractivity contribution in [1.29, 1.82) is 0 Å². The van der Waals surface area contributed by atoms with Crippen LogP contribution in [-0.2, 0) is 9.59 Å². The first-order valence-corrected chi connectivity index (χ1v) is 14.3. The van der Waals surface area contributed by atoms with Crippen LogP contribution in [0.15, 0.2) is 48.7 Å². The third-order valence-electron chi connectivity index (χ3n) is 8.32. The fourth-order valence-electron chi connectivity index (χ4n) is 6.10. The molecule has 3 atom stereocenters. The molecule has 3 aliphatic rings. The van der Waals surface area contributed by atoms with Crippen LogP contribution in [0.3, 0.4) is 0 Å². The van der Waals surface area contributed by atoms with E-state index in [0.717, 1.165) is 31.9 Å². The number of likely N-dealkylation sites (tertiary alicyclic amines) is 2. The maximum absolute atomic E-state index is 13.8. The Morgan fingerprint density at radius 2 is 1.71 bits per heavy atom. The lowest BCUT2D eigenvalue weighted by Crippen LogP contribution is -2.53. The number of amides is 3. The molecule has 2 aromatic rings. The Morgan fingerprint density at radius 1 is 1.00 bits per heavy atom. The fourth-order valence-corrected chi connectivity index (χ4v) is 6.10. The summed E-state index contributed by atoms with van der Waals surface area (Å²) in [7, 11) is 2.10. The summed E-state index contributed by atoms with van der Waals surface area (Å²) in [5, 5.41) is 15.1. The second kappa shape index (κ2) is 11.9. The van der Waals surface area contributed by atoms with E-state index in [1.165, 1.54) is 28.1 Å². The van der Waals surface area contributed by atoms with Crippen LogP contribution in [0.2, 0.25) is 0 Å². The standard InChI is InChI=1S/C30H38N6O5/c1-20(2)18-23(31-28(38)21-7-9-22(10-8-21)33-16-14-32(3)15-17-33)29(39)34-13-11-24-27(34)26(37)19-35(24)30(40)25-6-4-5-12-36(25)41/h4-10,12,20,23-24,27H,11,13-19H2,1-3H3,(H,31,38). The number of carbonyl (C=O) groups is 4. The van der Waals surface area contributed by atoms with Gasteiger partial charge in [-0.05, 0) is 56.1 Å². The minimum Gasteiger partial charge on any atom is -0.618 e. The normalized spacial score (nSPS) is 21.8. The van der Waals surface area contributed by atoms with Gasteiger partial charge in [-0.1, -0.05) is 13.8 Å². The Kier molecular flexibility index (Phi) is 8.25. The molecule has 3 fully saturated rings. The number of hydrogen-bond acceptors (Lipinski definition) is 7. The molecule has 3 unspecified atom stereocenters. The SMILES string of the molecule is CC(C)CC(NC(=O)c1ccc(N2CCN(C)CC2)cc1)C(=O)N1CCC2C1C(=O)CN2C(=O)c1cccc[n+]1[O-]. The molecule has 0 aliphatic carbocycles. The van der Waals surface area contributed by atoms with Crippen LogP contribution in [-0.4, -0.2) is 103 Å². The largest absolute Gasteiger partial charge is 0.618 e. The summed E-state index contributed by atoms with van der Waals surface area (Å²) in [6.45, 7) is 7.90. The van der Waals surface area contributed by atoms with E-state index in [2.05, 4.69) is 22.2 Å². The van der Waals surface area contributed by atoms with Crippen molar-refractivity contribution in [3.8, 4) is 0 Å². The minimum atomic E-state index is -0.811. The van der Waals surface area contributed by atoms with Crippen molar-refractivity contribution in [2.75, 3.05) is 51.2 Å². The summed E-state index contributed by atoms with van der Waals surface area (Å²) in [4.78, 5) is 60.8. The van der Waals surface area contributed by atoms with Gasteiger partial charge in [-0.25, -0.2) is 0 Å². The Hall–Kier alpha value is -3.99. The maximum atomic E-state index is 13.8. The lowest BCUT2D eigenvalue weighted by atomic mass is 10.0. The van der Waals surface area contributed by atoms with Gasteiger partial charge in [0.2, 0.25) is 5.91 Å². The van der Waals surface area contributed by atoms with Crippen LogP contribution in [0.5, 0.6) is 0 Å². The fraction of sp³-hybridized carbons (Fsp3) is 0.500. The molecule has 11 nitrogen and oxygen atoms in total. The number of ketones is 1. The number of nitrogens with zero attached hydrogens (tertiary/aromatic N) is 5. The molecule has 1 aromatic heterocycles. The first-order valence-electron chi connectivity index (χ1n) is 14.3. The number of rotatable bonds is 7. The molecule has 3 amide bonds. The summed E-state index contributed by atoms with van der Waals surface area (Å²) >= 11 is 0. The van der Waals surface area contributed by atoms with Gasteiger partial charge in [-0.15, -0.1) is 0 Å². The van der Waals surface area contributed by atoms with Crippen molar-refractivity contribution in [2.45, 2.75) is 44.8 Å². The molecule has 218 valence electrons. The van der Waals surface area contributed by atoms with Crippen LogP contribution in [0.4, 0.5) is 5.69 Å². The van der Waals surface area contributed by atoms with E-state index in [1.54, 1.807) is 18.2 Å². The predicted octanol–water partition coefficient (Wildman–Crippen LogP) is 0.911. The summed E-state index contributed by atoms with van der Waals surface area (Å²) in [6, 6.07) is 9.89. The first-order chi connectivity index (χ1) is 19.6. The third-order valence-corrected chi connectivity index (χ3v) is 8.32. The van der Waals surface area contributed by atoms with Crippen LogP contribution >= 0.6 is 0 Å². The molecule has 3 aliphatic heterocycles. The van der Waals surface area contributed by atoms with Crippen molar-refractivity contribution < 1.29 is 23.9 Å². The molecule has 0 spiro atoms. The number of aromatic nitrogens is 1. The van der Waals surface area contributed by atoms with E-state index in [-0.39, 0.29) is 35.8 Å². The van der Waals surface area contributed by atoms with Gasteiger partial charge < -0.3 is 30.1 Å². The molecule has 4 heterocycles. The van der Waals surface area contributed by atoms with Gasteiger partial charge in [0.25, 0.3) is 11.6 Å². The molecule has 41 heavy (non-hydrogen) atoms. The second-order valence-electron chi connectivity index (χ2n) is 11.6. The molecule has 1 aromatic carbocycles. The number of pyridine rings is 1. The number of likely N-dealkylation sites (N-methyl/N-ethyl adjacent to an activating group) is 1. The average Bonchev–Trinajstić information content (AvgIpc) is 3.53. The minimum absolute atomic E-state index is 0.0608. The number of fused-ring (bicyclic) bond motifs is 1. The molecule has 0 radical (unpaired) electrons. The van der Waals surface area contributed by atoms with Gasteiger partial charge in [0.05, 0.1) is 12.6 Å². The number of nitrogens with one attached hydrogen (secondary N) is 1. The summed E-state index contributed by atoms with van der Waals surface area (Å²) < 4.78 is 0.490. The Balaban J connectivity index is 1.27. The monoisotopic (exact) mass is 562 g/mol. The zero-order valence-electron chi connectivity index (χ0n) is 23.9. The zero-order valence-corrected chi connectivity index (χ0v) is 23.9. The first kappa shape index (κ1) is 28.5. The molecule has 1 N–H and O–H groups in total. The average molecular weight is 563 g/mol. The van der Waals surface area contributed by atoms with Crippen molar-refractivity contribution in [1.82, 2.24) is 20.0 Å². The van der Waals surface area contributed by atoms with Crippen molar-refractivity contribution >= 4 is 29.2 Å². The molecule has 0 saturated carbocycles. The quantitative estimate of drug-likeness (QED) is 0.394. The predicted molar refractivity (Wildman–Crippen MR) is 152 cm³/mol. The van der Waals surface area contributed by atoms with E-state index in [1.807, 2.05) is 26.0 Å². The molecular formula is C30H38N6O5. The van der Waals surface area contributed by atoms with E-state index in [4.69, 9.17) is 0 Å². The molecular weight excluding hydrogens is 524 g/mol. The summed E-state index contributed by atoms with van der Waals surface area (Å²) in [5.41, 5.74) is 1.46. The van der Waals surface area contributed by atoms with E-state index in [0.29, 0.717) is 29.7 Å². The highest BCUT2D eigenvalue weighted by molar-refractivity contribution is 6.02. The highest BCUT2D eigenvalue weighted by Crippen LogP contribution is 2.31. The molecule has 0 bridgehead atoms. The van der Waals surface area contributed by atoms with Gasteiger partial charge in [0.1, 0.15) is 12.1 Å². The van der Waals surface area contributed by atoms with E-state index < -0.39 is 24.0 Å². The van der Waals surface area contributed by atoms with Crippen molar-refractivity contribution in [3.63, 3.8) is 0 Å². The third kappa shape index (κ3) is 5.90. The van der Waals surface area contributed by atoms with Gasteiger partial charge >= 0.3 is 5.91 Å². The Morgan fingerprint density at radius 3 is 2.37 bits per heavy atom. The number of carbonyl (C=O) groups excluding carboxylic acids is 4. The number of hydrogen-bond donors (Lipinski definition) is 1. The molecule has 5 rings (SSSR count). The Labute approximate surface area is 240 Å². The van der Waals surface area contributed by atoms with Crippen molar-refractivity contribution in [2.24, 2.45) is 5.92 Å².